The monoisotopic (exact) mass is 352 g/mol. The molecule has 2 heterocycles. The minimum atomic E-state index is -0.583. The second kappa shape index (κ2) is 7.08. The fourth-order valence-corrected chi connectivity index (χ4v) is 2.69. The van der Waals surface area contributed by atoms with Crippen molar-refractivity contribution in [3.8, 4) is 0 Å². The number of esters is 1. The third kappa shape index (κ3) is 3.36. The molecule has 0 N–H and O–H groups in total. The van der Waals surface area contributed by atoms with E-state index in [0.29, 0.717) is 27.8 Å². The Labute approximate surface area is 141 Å². The number of para-hydroxylation sites is 1. The van der Waals surface area contributed by atoms with Crippen molar-refractivity contribution in [1.82, 2.24) is 9.59 Å². The van der Waals surface area contributed by atoms with Crippen LogP contribution in [0.2, 0.25) is 4.34 Å². The maximum Gasteiger partial charge on any atom is 0.375 e. The lowest BCUT2D eigenvalue weighted by atomic mass is 10.1. The van der Waals surface area contributed by atoms with Gasteiger partial charge in [0.15, 0.2) is 0 Å². The Morgan fingerprint density at radius 3 is 2.91 bits per heavy atom. The van der Waals surface area contributed by atoms with E-state index in [0.717, 1.165) is 16.9 Å². The summed E-state index contributed by atoms with van der Waals surface area (Å²) in [7, 11) is 0. The number of fused-ring (bicyclic) bond motifs is 1. The number of benzene rings is 1. The molecule has 3 rings (SSSR count). The first-order chi connectivity index (χ1) is 11.2. The van der Waals surface area contributed by atoms with E-state index in [1.807, 2.05) is 25.1 Å². The van der Waals surface area contributed by atoms with Gasteiger partial charge in [0.05, 0.1) is 6.61 Å². The maximum atomic E-state index is 12.3. The predicted octanol–water partition coefficient (Wildman–Crippen LogP) is 3.83. The van der Waals surface area contributed by atoms with Crippen molar-refractivity contribution in [1.29, 1.82) is 0 Å². The molecule has 0 atom stereocenters. The van der Waals surface area contributed by atoms with Crippen LogP contribution in [0.1, 0.15) is 28.7 Å². The zero-order valence-corrected chi connectivity index (χ0v) is 13.8. The molecule has 1 aromatic carbocycles. The van der Waals surface area contributed by atoms with E-state index in [1.165, 1.54) is 0 Å². The number of aromatic nitrogens is 2. The van der Waals surface area contributed by atoms with Gasteiger partial charge in [-0.25, -0.2) is 4.79 Å². The molecule has 0 bridgehead atoms. The molecule has 0 fully saturated rings. The van der Waals surface area contributed by atoms with Crippen molar-refractivity contribution in [2.75, 3.05) is 6.61 Å². The quantitative estimate of drug-likeness (QED) is 0.627. The third-order valence-corrected chi connectivity index (χ3v) is 4.17. The number of rotatable bonds is 6. The minimum absolute atomic E-state index is 0.0563. The lowest BCUT2D eigenvalue weighted by molar-refractivity contribution is 0.0425. The maximum absolute atomic E-state index is 12.3. The van der Waals surface area contributed by atoms with Gasteiger partial charge in [-0.1, -0.05) is 34.3 Å². The number of carbonyl (C=O) groups is 1. The first-order valence-corrected chi connectivity index (χ1v) is 8.07. The fraction of sp³-hybridized carbons (Fsp3) is 0.267. The van der Waals surface area contributed by atoms with E-state index in [4.69, 9.17) is 25.5 Å². The van der Waals surface area contributed by atoms with Crippen LogP contribution in [-0.4, -0.2) is 22.2 Å². The summed E-state index contributed by atoms with van der Waals surface area (Å²) in [6, 6.07) is 7.39. The van der Waals surface area contributed by atoms with Gasteiger partial charge in [0.25, 0.3) is 0 Å². The summed E-state index contributed by atoms with van der Waals surface area (Å²) in [4.78, 5) is 12.3. The van der Waals surface area contributed by atoms with Crippen LogP contribution in [-0.2, 0) is 22.7 Å². The lowest BCUT2D eigenvalue weighted by Crippen LogP contribution is -2.08. The summed E-state index contributed by atoms with van der Waals surface area (Å²) in [5, 5.41) is 4.63. The van der Waals surface area contributed by atoms with E-state index in [-0.39, 0.29) is 19.0 Å². The first kappa shape index (κ1) is 15.9. The van der Waals surface area contributed by atoms with Crippen LogP contribution in [0.4, 0.5) is 0 Å². The Hall–Kier alpha value is -1.96. The second-order valence-electron chi connectivity index (χ2n) is 4.61. The normalized spacial score (nSPS) is 11.0. The van der Waals surface area contributed by atoms with E-state index >= 15 is 0 Å². The Morgan fingerprint density at radius 1 is 1.35 bits per heavy atom. The van der Waals surface area contributed by atoms with Gasteiger partial charge in [-0.15, -0.1) is 5.10 Å². The summed E-state index contributed by atoms with van der Waals surface area (Å²) in [5.74, 6) is -0.445. The average molecular weight is 353 g/mol. The standard InChI is InChI=1S/C15H13ClN2O4S/c1-2-20-7-10-9-5-3-4-6-12(9)22-13(10)15(19)21-8-11-14(16)23-18-17-11/h3-6H,2,7-8H2,1H3. The molecule has 0 saturated carbocycles. The van der Waals surface area contributed by atoms with Gasteiger partial charge in [0, 0.05) is 29.1 Å². The summed E-state index contributed by atoms with van der Waals surface area (Å²) in [6.07, 6.45) is 0. The molecule has 0 unspecified atom stereocenters. The molecule has 23 heavy (non-hydrogen) atoms. The number of nitrogens with zero attached hydrogens (tertiary/aromatic N) is 2. The second-order valence-corrected chi connectivity index (χ2v) is 5.97. The molecule has 0 saturated heterocycles. The molecule has 120 valence electrons. The summed E-state index contributed by atoms with van der Waals surface area (Å²) < 4.78 is 20.4. The molecule has 6 nitrogen and oxygen atoms in total. The smallest absolute Gasteiger partial charge is 0.375 e. The van der Waals surface area contributed by atoms with Crippen molar-refractivity contribution in [3.63, 3.8) is 0 Å². The molecule has 0 aliphatic carbocycles. The molecule has 8 heteroatoms. The minimum Gasteiger partial charge on any atom is -0.453 e. The van der Waals surface area contributed by atoms with E-state index in [1.54, 1.807) is 6.07 Å². The highest BCUT2D eigenvalue weighted by Crippen LogP contribution is 2.28. The Kier molecular flexibility index (Phi) is 4.90. The molecule has 0 spiro atoms. The molecule has 0 amide bonds. The van der Waals surface area contributed by atoms with Crippen molar-refractivity contribution >= 4 is 40.1 Å². The van der Waals surface area contributed by atoms with Crippen molar-refractivity contribution in [2.24, 2.45) is 0 Å². The van der Waals surface area contributed by atoms with E-state index < -0.39 is 5.97 Å². The molecule has 0 radical (unpaired) electrons. The molecular formula is C15H13ClN2O4S. The van der Waals surface area contributed by atoms with Gasteiger partial charge in [0.1, 0.15) is 22.2 Å². The number of hydrogen-bond acceptors (Lipinski definition) is 7. The van der Waals surface area contributed by atoms with Crippen LogP contribution in [0.3, 0.4) is 0 Å². The van der Waals surface area contributed by atoms with E-state index in [2.05, 4.69) is 9.59 Å². The fourth-order valence-electron chi connectivity index (χ4n) is 2.09. The Balaban J connectivity index is 1.85. The zero-order chi connectivity index (χ0) is 16.2. The number of carbonyl (C=O) groups excluding carboxylic acids is 1. The van der Waals surface area contributed by atoms with Gasteiger partial charge >= 0.3 is 5.97 Å². The molecule has 0 aliphatic rings. The van der Waals surface area contributed by atoms with Gasteiger partial charge in [-0.2, -0.15) is 0 Å². The summed E-state index contributed by atoms with van der Waals surface area (Å²) in [5.41, 5.74) is 1.71. The zero-order valence-electron chi connectivity index (χ0n) is 12.2. The predicted molar refractivity (Wildman–Crippen MR) is 85.6 cm³/mol. The Morgan fingerprint density at radius 2 is 2.17 bits per heavy atom. The van der Waals surface area contributed by atoms with Crippen LogP contribution in [0, 0.1) is 0 Å². The van der Waals surface area contributed by atoms with Gasteiger partial charge in [-0.05, 0) is 13.0 Å². The van der Waals surface area contributed by atoms with E-state index in [9.17, 15) is 4.79 Å². The van der Waals surface area contributed by atoms with Crippen molar-refractivity contribution in [2.45, 2.75) is 20.1 Å². The Bertz CT molecular complexity index is 830. The van der Waals surface area contributed by atoms with Crippen LogP contribution >= 0.6 is 23.1 Å². The SMILES string of the molecule is CCOCc1c(C(=O)OCc2nnsc2Cl)oc2ccccc12. The average Bonchev–Trinajstić information content (AvgIpc) is 3.14. The van der Waals surface area contributed by atoms with Gasteiger partial charge < -0.3 is 13.9 Å². The van der Waals surface area contributed by atoms with Crippen molar-refractivity contribution in [3.05, 3.63) is 45.6 Å². The lowest BCUT2D eigenvalue weighted by Gasteiger charge is -2.04. The summed E-state index contributed by atoms with van der Waals surface area (Å²) in [6.45, 7) is 2.64. The number of hydrogen-bond donors (Lipinski definition) is 0. The first-order valence-electron chi connectivity index (χ1n) is 6.92. The summed E-state index contributed by atoms with van der Waals surface area (Å²) >= 11 is 6.93. The molecular weight excluding hydrogens is 340 g/mol. The number of halogens is 1. The third-order valence-electron chi connectivity index (χ3n) is 3.18. The topological polar surface area (TPSA) is 74.5 Å². The van der Waals surface area contributed by atoms with Crippen LogP contribution in [0.25, 0.3) is 11.0 Å². The highest BCUT2D eigenvalue weighted by atomic mass is 35.5. The van der Waals surface area contributed by atoms with Gasteiger partial charge in [-0.3, -0.25) is 0 Å². The molecule has 3 aromatic rings. The van der Waals surface area contributed by atoms with Crippen LogP contribution in [0.15, 0.2) is 28.7 Å². The van der Waals surface area contributed by atoms with Gasteiger partial charge in [0.2, 0.25) is 5.76 Å². The largest absolute Gasteiger partial charge is 0.453 e. The van der Waals surface area contributed by atoms with Crippen molar-refractivity contribution < 1.29 is 18.7 Å². The van der Waals surface area contributed by atoms with Crippen LogP contribution in [0.5, 0.6) is 0 Å². The highest BCUT2D eigenvalue weighted by molar-refractivity contribution is 7.10. The molecule has 0 aliphatic heterocycles. The van der Waals surface area contributed by atoms with Crippen LogP contribution < -0.4 is 0 Å². The molecule has 2 aromatic heterocycles. The number of furan rings is 1. The number of ether oxygens (including phenoxy) is 2. The highest BCUT2D eigenvalue weighted by Gasteiger charge is 2.22.